The summed E-state index contributed by atoms with van der Waals surface area (Å²) >= 11 is 0. The number of benzene rings is 2. The topological polar surface area (TPSA) is 54.5 Å². The molecule has 0 aromatic heterocycles. The summed E-state index contributed by atoms with van der Waals surface area (Å²) in [5, 5.41) is -0.00236. The van der Waals surface area contributed by atoms with Crippen molar-refractivity contribution in [1.82, 2.24) is 4.90 Å². The average molecular weight is 448 g/mol. The molecule has 1 saturated carbocycles. The fourth-order valence-electron chi connectivity index (χ4n) is 3.96. The van der Waals surface area contributed by atoms with E-state index in [1.807, 2.05) is 19.1 Å². The van der Waals surface area contributed by atoms with E-state index in [1.54, 1.807) is 24.3 Å². The molecule has 1 unspecified atom stereocenters. The lowest BCUT2D eigenvalue weighted by Gasteiger charge is -2.36. The molecule has 1 aliphatic heterocycles. The molecular formula is C23H26FNO3S2. The van der Waals surface area contributed by atoms with Crippen LogP contribution >= 0.6 is 10.8 Å². The Morgan fingerprint density at radius 1 is 1.00 bits per heavy atom. The van der Waals surface area contributed by atoms with Gasteiger partial charge in [-0.1, -0.05) is 29.8 Å². The molecule has 0 radical (unpaired) electrons. The second-order valence-corrected chi connectivity index (χ2v) is 12.4. The summed E-state index contributed by atoms with van der Waals surface area (Å²) in [5.41, 5.74) is 1.85. The van der Waals surface area contributed by atoms with Gasteiger partial charge in [0, 0.05) is 24.3 Å². The second-order valence-electron chi connectivity index (χ2n) is 8.23. The molecule has 2 aromatic carbocycles. The molecule has 0 spiro atoms. The summed E-state index contributed by atoms with van der Waals surface area (Å²) in [6, 6.07) is 12.8. The summed E-state index contributed by atoms with van der Waals surface area (Å²) in [5.74, 6) is 0.00171. The highest BCUT2D eigenvalue weighted by Crippen LogP contribution is 2.40. The first-order valence-electron chi connectivity index (χ1n) is 10.4. The van der Waals surface area contributed by atoms with Gasteiger partial charge in [-0.25, -0.2) is 12.8 Å². The predicted molar refractivity (Wildman–Crippen MR) is 117 cm³/mol. The van der Waals surface area contributed by atoms with E-state index < -0.39 is 8.87 Å². The molecule has 30 heavy (non-hydrogen) atoms. The van der Waals surface area contributed by atoms with Crippen molar-refractivity contribution in [2.75, 3.05) is 13.1 Å². The first kappa shape index (κ1) is 21.5. The van der Waals surface area contributed by atoms with Crippen molar-refractivity contribution in [3.05, 3.63) is 65.5 Å². The van der Waals surface area contributed by atoms with E-state index in [9.17, 15) is 17.6 Å². The van der Waals surface area contributed by atoms with Gasteiger partial charge < -0.3 is 0 Å². The zero-order valence-corrected chi connectivity index (χ0v) is 18.6. The molecule has 2 aliphatic rings. The van der Waals surface area contributed by atoms with Crippen LogP contribution < -0.4 is 0 Å². The van der Waals surface area contributed by atoms with Gasteiger partial charge in [0.1, 0.15) is 5.82 Å². The van der Waals surface area contributed by atoms with Crippen molar-refractivity contribution in [2.24, 2.45) is 5.92 Å². The predicted octanol–water partition coefficient (Wildman–Crippen LogP) is 4.74. The lowest BCUT2D eigenvalue weighted by atomic mass is 9.95. The van der Waals surface area contributed by atoms with E-state index in [-0.39, 0.29) is 28.8 Å². The van der Waals surface area contributed by atoms with E-state index in [4.69, 9.17) is 0 Å². The van der Waals surface area contributed by atoms with Crippen LogP contribution in [0.2, 0.25) is 0 Å². The lowest BCUT2D eigenvalue weighted by molar-refractivity contribution is -0.126. The van der Waals surface area contributed by atoms with Crippen molar-refractivity contribution in [2.45, 2.75) is 48.8 Å². The Balaban J connectivity index is 1.43. The van der Waals surface area contributed by atoms with E-state index in [2.05, 4.69) is 4.90 Å². The first-order valence-corrected chi connectivity index (χ1v) is 13.2. The molecule has 1 heterocycles. The van der Waals surface area contributed by atoms with E-state index in [1.165, 1.54) is 12.1 Å². The van der Waals surface area contributed by atoms with Gasteiger partial charge in [-0.15, -0.1) is 0 Å². The first-order chi connectivity index (χ1) is 14.3. The van der Waals surface area contributed by atoms with Gasteiger partial charge in [0.05, 0.1) is 10.9 Å². The number of hydrogen-bond donors (Lipinski definition) is 0. The number of carbonyl (C=O) groups excluding carboxylic acids is 1. The van der Waals surface area contributed by atoms with Crippen LogP contribution in [-0.4, -0.2) is 37.4 Å². The monoisotopic (exact) mass is 447 g/mol. The summed E-state index contributed by atoms with van der Waals surface area (Å²) in [6.07, 6.45) is 3.26. The number of hydrogen-bond acceptors (Lipinski definition) is 5. The van der Waals surface area contributed by atoms with Crippen LogP contribution in [0.25, 0.3) is 0 Å². The summed E-state index contributed by atoms with van der Waals surface area (Å²) < 4.78 is 38.9. The fourth-order valence-corrected chi connectivity index (χ4v) is 7.62. The van der Waals surface area contributed by atoms with Gasteiger partial charge in [-0.2, -0.15) is 0 Å². The lowest BCUT2D eigenvalue weighted by Crippen LogP contribution is -2.41. The standard InChI is InChI=1S/C23H26FNO3S2/c1-16-2-10-21(11-3-16)30(27,28)29-20-12-14-25(15-13-20)22(23(26)18-4-5-18)17-6-8-19(24)9-7-17/h2-3,6-11,18,20,22H,4-5,12-15H2,1H3. The number of likely N-dealkylation sites (tertiary alicyclic amines) is 1. The van der Waals surface area contributed by atoms with E-state index in [0.717, 1.165) is 34.8 Å². The molecule has 0 bridgehead atoms. The highest BCUT2D eigenvalue weighted by molar-refractivity contribution is 8.72. The normalized spacial score (nSPS) is 19.5. The minimum Gasteiger partial charge on any atom is -0.297 e. The number of halogens is 1. The van der Waals surface area contributed by atoms with Gasteiger partial charge >= 0.3 is 0 Å². The van der Waals surface area contributed by atoms with Gasteiger partial charge in [0.25, 0.3) is 0 Å². The quantitative estimate of drug-likeness (QED) is 0.574. The molecule has 2 fully saturated rings. The van der Waals surface area contributed by atoms with E-state index >= 15 is 0 Å². The largest absolute Gasteiger partial charge is 0.297 e. The molecule has 160 valence electrons. The maximum atomic E-state index is 13.4. The highest BCUT2D eigenvalue weighted by Gasteiger charge is 2.40. The Labute approximate surface area is 181 Å². The van der Waals surface area contributed by atoms with Gasteiger partial charge in [-0.3, -0.25) is 9.69 Å². The van der Waals surface area contributed by atoms with Crippen molar-refractivity contribution in [1.29, 1.82) is 0 Å². The number of piperidine rings is 1. The molecular weight excluding hydrogens is 421 g/mol. The number of ketones is 1. The van der Waals surface area contributed by atoms with Gasteiger partial charge in [0.2, 0.25) is 8.87 Å². The van der Waals surface area contributed by atoms with Crippen LogP contribution in [-0.2, 0) is 13.7 Å². The van der Waals surface area contributed by atoms with Crippen LogP contribution in [0, 0.1) is 18.7 Å². The molecule has 1 aliphatic carbocycles. The molecule has 7 heteroatoms. The summed E-state index contributed by atoms with van der Waals surface area (Å²) in [7, 11) is -2.37. The van der Waals surface area contributed by atoms with Crippen molar-refractivity contribution >= 4 is 25.4 Å². The number of aryl methyl sites for hydroxylation is 1. The minimum atomic E-state index is -3.40. The minimum absolute atomic E-state index is 0.00236. The van der Waals surface area contributed by atoms with Crippen molar-refractivity contribution in [3.8, 4) is 0 Å². The van der Waals surface area contributed by atoms with E-state index in [0.29, 0.717) is 30.8 Å². The zero-order chi connectivity index (χ0) is 21.3. The highest BCUT2D eigenvalue weighted by atomic mass is 33.1. The number of carbonyl (C=O) groups is 1. The van der Waals surface area contributed by atoms with Gasteiger partial charge in [0.15, 0.2) is 5.78 Å². The third-order valence-electron chi connectivity index (χ3n) is 5.85. The number of nitrogens with zero attached hydrogens (tertiary/aromatic N) is 1. The molecule has 1 saturated heterocycles. The molecule has 0 N–H and O–H groups in total. The molecule has 1 atom stereocenters. The number of Topliss-reactive ketones (excluding diaryl/α,β-unsaturated/α-hetero) is 1. The van der Waals surface area contributed by atoms with Crippen LogP contribution in [0.5, 0.6) is 0 Å². The Kier molecular flexibility index (Phi) is 6.32. The van der Waals surface area contributed by atoms with Crippen molar-refractivity contribution in [3.63, 3.8) is 0 Å². The smallest absolute Gasteiger partial charge is 0.230 e. The summed E-state index contributed by atoms with van der Waals surface area (Å²) in [4.78, 5) is 15.5. The Morgan fingerprint density at radius 3 is 2.17 bits per heavy atom. The average Bonchev–Trinajstić information content (AvgIpc) is 3.56. The Bertz CT molecular complexity index is 994. The Hall–Kier alpha value is -1.70. The number of rotatable bonds is 7. The molecule has 4 nitrogen and oxygen atoms in total. The van der Waals surface area contributed by atoms with Crippen LogP contribution in [0.15, 0.2) is 53.4 Å². The van der Waals surface area contributed by atoms with Crippen LogP contribution in [0.1, 0.15) is 42.9 Å². The van der Waals surface area contributed by atoms with Crippen LogP contribution in [0.3, 0.4) is 0 Å². The third kappa shape index (κ3) is 4.95. The second kappa shape index (κ2) is 8.81. The van der Waals surface area contributed by atoms with Crippen LogP contribution in [0.4, 0.5) is 4.39 Å². The third-order valence-corrected chi connectivity index (χ3v) is 9.85. The molecule has 4 rings (SSSR count). The molecule has 2 aromatic rings. The molecule has 0 amide bonds. The van der Waals surface area contributed by atoms with Crippen molar-refractivity contribution < 1.29 is 17.6 Å². The SMILES string of the molecule is Cc1ccc(S(=O)(=O)SC2CCN(C(C(=O)C3CC3)c3ccc(F)cc3)CC2)cc1. The zero-order valence-electron chi connectivity index (χ0n) is 17.0. The summed E-state index contributed by atoms with van der Waals surface area (Å²) in [6.45, 7) is 3.24. The maximum Gasteiger partial charge on any atom is 0.230 e. The van der Waals surface area contributed by atoms with Gasteiger partial charge in [-0.05, 0) is 73.2 Å². The Morgan fingerprint density at radius 2 is 1.60 bits per heavy atom. The maximum absolute atomic E-state index is 13.4. The fraction of sp³-hybridized carbons (Fsp3) is 0.435.